The van der Waals surface area contributed by atoms with Crippen LogP contribution in [-0.2, 0) is 16.1 Å². The highest BCUT2D eigenvalue weighted by molar-refractivity contribution is 7.07. The van der Waals surface area contributed by atoms with Crippen LogP contribution in [-0.4, -0.2) is 48.0 Å². The Bertz CT molecular complexity index is 1350. The van der Waals surface area contributed by atoms with Crippen molar-refractivity contribution < 1.29 is 9.59 Å². The number of benzene rings is 1. The summed E-state index contributed by atoms with van der Waals surface area (Å²) in [6, 6.07) is 10.7. The van der Waals surface area contributed by atoms with Crippen molar-refractivity contribution in [2.45, 2.75) is 33.7 Å². The lowest BCUT2D eigenvalue weighted by Crippen LogP contribution is -2.34. The number of hydrogen-bond acceptors (Lipinski definition) is 8. The molecule has 1 aromatic heterocycles. The molecule has 0 atom stereocenters. The van der Waals surface area contributed by atoms with Crippen LogP contribution < -0.4 is 30.7 Å². The van der Waals surface area contributed by atoms with Gasteiger partial charge in [0.05, 0.1) is 12.6 Å². The Hall–Kier alpha value is -3.93. The summed E-state index contributed by atoms with van der Waals surface area (Å²) in [7, 11) is 1.91. The summed E-state index contributed by atoms with van der Waals surface area (Å²) in [5, 5.41) is 26.4. The largest absolute Gasteiger partial charge is 0.360 e. The van der Waals surface area contributed by atoms with E-state index in [1.54, 1.807) is 37.3 Å². The predicted octanol–water partition coefficient (Wildman–Crippen LogP) is 1.01. The van der Waals surface area contributed by atoms with Gasteiger partial charge in [0.2, 0.25) is 5.91 Å². The van der Waals surface area contributed by atoms with Crippen molar-refractivity contribution in [2.24, 2.45) is 5.92 Å². The second-order valence-electron chi connectivity index (χ2n) is 8.49. The zero-order chi connectivity index (χ0) is 26.7. The standard InChI is InChI=1S/C25H31N7O3S/c1-5-32-24(35)21(36-25(32)20(14-27)23(34)28-11-10-26)15-29-18-7-6-8-19(13-18)30-22(33)16-31(4)12-9-17(2)3/h6-8,13,15,17,29H,5,9,11-12,16H2,1-4H3,(H,28,34)(H,30,33)/b21-15+,25-20-. The highest BCUT2D eigenvalue weighted by atomic mass is 32.1. The zero-order valence-electron chi connectivity index (χ0n) is 20.9. The fourth-order valence-electron chi connectivity index (χ4n) is 3.24. The Kier molecular flexibility index (Phi) is 10.9. The van der Waals surface area contributed by atoms with Crippen LogP contribution in [0.1, 0.15) is 27.2 Å². The topological polar surface area (TPSA) is 143 Å². The van der Waals surface area contributed by atoms with Gasteiger partial charge in [0.15, 0.2) is 5.57 Å². The molecule has 0 aliphatic rings. The molecule has 11 heteroatoms. The highest BCUT2D eigenvalue weighted by Gasteiger charge is 2.15. The van der Waals surface area contributed by atoms with Crippen molar-refractivity contribution in [3.8, 4) is 12.1 Å². The first-order valence-electron chi connectivity index (χ1n) is 11.5. The number of anilines is 2. The zero-order valence-corrected chi connectivity index (χ0v) is 21.7. The monoisotopic (exact) mass is 509 g/mol. The van der Waals surface area contributed by atoms with E-state index in [2.05, 4.69) is 29.8 Å². The molecule has 2 amide bonds. The summed E-state index contributed by atoms with van der Waals surface area (Å²) in [4.78, 5) is 39.5. The molecular weight excluding hydrogens is 478 g/mol. The third-order valence-electron chi connectivity index (χ3n) is 5.12. The molecular formula is C25H31N7O3S. The minimum absolute atomic E-state index is 0.120. The van der Waals surface area contributed by atoms with Gasteiger partial charge in [-0.3, -0.25) is 23.9 Å². The van der Waals surface area contributed by atoms with E-state index in [-0.39, 0.29) is 41.3 Å². The number of aromatic nitrogens is 1. The first-order chi connectivity index (χ1) is 17.2. The third kappa shape index (κ3) is 8.08. The number of amides is 2. The summed E-state index contributed by atoms with van der Waals surface area (Å²) in [6.07, 6.45) is 2.52. The average molecular weight is 510 g/mol. The van der Waals surface area contributed by atoms with E-state index in [1.165, 1.54) is 10.8 Å². The maximum atomic E-state index is 12.8. The van der Waals surface area contributed by atoms with Gasteiger partial charge in [-0.2, -0.15) is 10.5 Å². The Balaban J connectivity index is 2.23. The van der Waals surface area contributed by atoms with Crippen LogP contribution in [0, 0.1) is 28.6 Å². The minimum Gasteiger partial charge on any atom is -0.360 e. The molecule has 0 saturated carbocycles. The number of carbonyl (C=O) groups is 2. The normalized spacial score (nSPS) is 12.2. The smallest absolute Gasteiger partial charge is 0.270 e. The predicted molar refractivity (Wildman–Crippen MR) is 141 cm³/mol. The fourth-order valence-corrected chi connectivity index (χ4v) is 4.32. The molecule has 0 unspecified atom stereocenters. The summed E-state index contributed by atoms with van der Waals surface area (Å²) in [5.41, 5.74) is 0.689. The fraction of sp³-hybridized carbons (Fsp3) is 0.400. The first-order valence-corrected chi connectivity index (χ1v) is 12.4. The number of nitrogens with zero attached hydrogens (tertiary/aromatic N) is 4. The Labute approximate surface area is 214 Å². The van der Waals surface area contributed by atoms with Crippen molar-refractivity contribution in [2.75, 3.05) is 37.3 Å². The Morgan fingerprint density at radius 2 is 1.97 bits per heavy atom. The van der Waals surface area contributed by atoms with E-state index in [0.717, 1.165) is 24.3 Å². The lowest BCUT2D eigenvalue weighted by Gasteiger charge is -2.17. The van der Waals surface area contributed by atoms with E-state index in [4.69, 9.17) is 5.26 Å². The lowest BCUT2D eigenvalue weighted by molar-refractivity contribution is -0.117. The highest BCUT2D eigenvalue weighted by Crippen LogP contribution is 2.15. The van der Waals surface area contributed by atoms with Crippen LogP contribution in [0.3, 0.4) is 0 Å². The number of nitriles is 2. The van der Waals surface area contributed by atoms with Crippen molar-refractivity contribution in [3.63, 3.8) is 0 Å². The van der Waals surface area contributed by atoms with Gasteiger partial charge >= 0.3 is 0 Å². The molecule has 0 saturated heterocycles. The Morgan fingerprint density at radius 1 is 1.25 bits per heavy atom. The number of hydrogen-bond donors (Lipinski definition) is 3. The molecule has 190 valence electrons. The maximum absolute atomic E-state index is 12.8. The number of thiazole rings is 1. The molecule has 0 fully saturated rings. The number of rotatable bonds is 11. The molecule has 3 N–H and O–H groups in total. The molecule has 36 heavy (non-hydrogen) atoms. The van der Waals surface area contributed by atoms with Gasteiger partial charge in [-0.25, -0.2) is 0 Å². The van der Waals surface area contributed by atoms with Crippen molar-refractivity contribution in [1.82, 2.24) is 14.8 Å². The molecule has 0 bridgehead atoms. The Morgan fingerprint density at radius 3 is 2.61 bits per heavy atom. The van der Waals surface area contributed by atoms with Gasteiger partial charge in [0.1, 0.15) is 21.8 Å². The maximum Gasteiger partial charge on any atom is 0.270 e. The average Bonchev–Trinajstić information content (AvgIpc) is 3.15. The number of likely N-dealkylation sites (N-methyl/N-ethyl adjacent to an activating group) is 1. The van der Waals surface area contributed by atoms with Crippen LogP contribution in [0.5, 0.6) is 0 Å². The van der Waals surface area contributed by atoms with Gasteiger partial charge < -0.3 is 16.0 Å². The molecule has 1 heterocycles. The van der Waals surface area contributed by atoms with E-state index in [9.17, 15) is 19.6 Å². The van der Waals surface area contributed by atoms with E-state index < -0.39 is 5.91 Å². The molecule has 0 radical (unpaired) electrons. The number of nitrogens with one attached hydrogen (secondary N) is 3. The SMILES string of the molecule is CCn1c(=O)/c(=C\Nc2cccc(NC(=O)CN(C)CCC(C)C)c2)s/c1=C(/C#N)C(=O)NCC#N. The second-order valence-corrected chi connectivity index (χ2v) is 9.52. The van der Waals surface area contributed by atoms with Crippen LogP contribution >= 0.6 is 11.3 Å². The summed E-state index contributed by atoms with van der Waals surface area (Å²) >= 11 is 1.01. The molecule has 2 rings (SSSR count). The van der Waals surface area contributed by atoms with Gasteiger partial charge in [0, 0.05) is 24.1 Å². The first kappa shape index (κ1) is 28.3. The van der Waals surface area contributed by atoms with Gasteiger partial charge in [-0.15, -0.1) is 11.3 Å². The van der Waals surface area contributed by atoms with Gasteiger partial charge in [-0.1, -0.05) is 19.9 Å². The van der Waals surface area contributed by atoms with Gasteiger partial charge in [0.25, 0.3) is 11.5 Å². The van der Waals surface area contributed by atoms with E-state index in [1.807, 2.05) is 18.0 Å². The van der Waals surface area contributed by atoms with Crippen LogP contribution in [0.15, 0.2) is 29.1 Å². The summed E-state index contributed by atoms with van der Waals surface area (Å²) in [6.45, 7) is 7.17. The molecule has 0 aliphatic carbocycles. The van der Waals surface area contributed by atoms with Gasteiger partial charge in [-0.05, 0) is 51.1 Å². The molecule has 2 aromatic rings. The van der Waals surface area contributed by atoms with E-state index >= 15 is 0 Å². The van der Waals surface area contributed by atoms with Crippen LogP contribution in [0.2, 0.25) is 0 Å². The third-order valence-corrected chi connectivity index (χ3v) is 6.25. The molecule has 10 nitrogen and oxygen atoms in total. The van der Waals surface area contributed by atoms with Crippen LogP contribution in [0.4, 0.5) is 11.4 Å². The van der Waals surface area contributed by atoms with Crippen LogP contribution in [0.25, 0.3) is 11.8 Å². The van der Waals surface area contributed by atoms with Crippen molar-refractivity contribution >= 4 is 46.3 Å². The molecule has 1 aromatic carbocycles. The summed E-state index contributed by atoms with van der Waals surface area (Å²) in [5.74, 6) is -0.258. The van der Waals surface area contributed by atoms with Crippen molar-refractivity contribution in [3.05, 3.63) is 43.8 Å². The second kappa shape index (κ2) is 13.8. The van der Waals surface area contributed by atoms with E-state index in [0.29, 0.717) is 21.8 Å². The quantitative estimate of drug-likeness (QED) is 0.384. The van der Waals surface area contributed by atoms with Crippen molar-refractivity contribution in [1.29, 1.82) is 10.5 Å². The number of carbonyl (C=O) groups excluding carboxylic acids is 2. The summed E-state index contributed by atoms with van der Waals surface area (Å²) < 4.78 is 1.86. The molecule has 0 aliphatic heterocycles. The minimum atomic E-state index is -0.708. The lowest BCUT2D eigenvalue weighted by atomic mass is 10.1. The molecule has 0 spiro atoms.